The van der Waals surface area contributed by atoms with Crippen LogP contribution in [0.5, 0.6) is 0 Å². The molecule has 31 heavy (non-hydrogen) atoms. The van der Waals surface area contributed by atoms with Crippen molar-refractivity contribution in [3.63, 3.8) is 0 Å². The lowest BCUT2D eigenvalue weighted by atomic mass is 9.98. The van der Waals surface area contributed by atoms with Crippen molar-refractivity contribution in [2.45, 2.75) is 19.3 Å². The van der Waals surface area contributed by atoms with Crippen molar-refractivity contribution in [1.82, 2.24) is 15.0 Å². The lowest BCUT2D eigenvalue weighted by molar-refractivity contribution is 0.288. The van der Waals surface area contributed by atoms with Crippen molar-refractivity contribution >= 4 is 28.3 Å². The molecule has 4 aromatic rings. The fourth-order valence-corrected chi connectivity index (χ4v) is 3.88. The van der Waals surface area contributed by atoms with Gasteiger partial charge in [0.05, 0.1) is 22.7 Å². The summed E-state index contributed by atoms with van der Waals surface area (Å²) in [5, 5.41) is 19.3. The predicted octanol–water partition coefficient (Wildman–Crippen LogP) is 3.54. The summed E-state index contributed by atoms with van der Waals surface area (Å²) in [6.45, 7) is 0.100. The first-order chi connectivity index (χ1) is 15.0. The van der Waals surface area contributed by atoms with E-state index in [9.17, 15) is 10.1 Å². The van der Waals surface area contributed by atoms with Crippen LogP contribution in [0.3, 0.4) is 0 Å². The number of nitrogens with zero attached hydrogens (tertiary/aromatic N) is 2. The number of anilines is 1. The molecule has 2 aromatic heterocycles. The summed E-state index contributed by atoms with van der Waals surface area (Å²) in [5.74, 6) is 0.352. The number of aromatic nitrogens is 3. The second-order valence-corrected chi connectivity index (χ2v) is 7.70. The van der Waals surface area contributed by atoms with Crippen molar-refractivity contribution in [1.29, 1.82) is 5.26 Å². The fraction of sp³-hybridized carbons (Fsp3) is 0.174. The number of hydrogen-bond donors (Lipinski definition) is 4. The largest absolute Gasteiger partial charge is 0.398 e. The number of fused-ring (bicyclic) bond motifs is 1. The van der Waals surface area contributed by atoms with Crippen LogP contribution in [0.15, 0.2) is 47.4 Å². The number of hydrogen-bond acceptors (Lipinski definition) is 5. The third-order valence-electron chi connectivity index (χ3n) is 5.13. The van der Waals surface area contributed by atoms with Crippen LogP contribution in [0.4, 0.5) is 5.69 Å². The summed E-state index contributed by atoms with van der Waals surface area (Å²) in [4.78, 5) is 22.7. The maximum atomic E-state index is 12.3. The number of halogens is 1. The van der Waals surface area contributed by atoms with Gasteiger partial charge in [0.1, 0.15) is 11.4 Å². The third-order valence-corrected chi connectivity index (χ3v) is 5.50. The van der Waals surface area contributed by atoms with E-state index >= 15 is 0 Å². The average Bonchev–Trinajstić information content (AvgIpc) is 3.17. The van der Waals surface area contributed by atoms with Gasteiger partial charge in [0.15, 0.2) is 0 Å². The molecule has 0 amide bonds. The molecule has 2 aromatic carbocycles. The third kappa shape index (κ3) is 4.17. The van der Waals surface area contributed by atoms with Crippen molar-refractivity contribution in [3.8, 4) is 17.5 Å². The monoisotopic (exact) mass is 433 g/mol. The zero-order chi connectivity index (χ0) is 22.0. The van der Waals surface area contributed by atoms with Crippen LogP contribution < -0.4 is 11.3 Å². The first-order valence-electron chi connectivity index (χ1n) is 9.78. The molecule has 0 aliphatic rings. The number of nitriles is 1. The second-order valence-electron chi connectivity index (χ2n) is 7.30. The Bertz CT molecular complexity index is 1370. The maximum Gasteiger partial charge on any atom is 0.261 e. The van der Waals surface area contributed by atoms with E-state index in [2.05, 4.69) is 21.0 Å². The second kappa shape index (κ2) is 8.64. The quantitative estimate of drug-likeness (QED) is 0.369. The molecule has 0 bridgehead atoms. The molecule has 0 aliphatic heterocycles. The Balaban J connectivity index is 1.80. The molecule has 8 heteroatoms. The summed E-state index contributed by atoms with van der Waals surface area (Å²) in [6.07, 6.45) is 3.32. The van der Waals surface area contributed by atoms with E-state index in [-0.39, 0.29) is 17.7 Å². The van der Waals surface area contributed by atoms with Gasteiger partial charge >= 0.3 is 0 Å². The lowest BCUT2D eigenvalue weighted by Crippen LogP contribution is -2.11. The molecule has 5 N–H and O–H groups in total. The molecule has 0 spiro atoms. The van der Waals surface area contributed by atoms with Crippen LogP contribution in [-0.4, -0.2) is 26.7 Å². The van der Waals surface area contributed by atoms with Gasteiger partial charge in [-0.25, -0.2) is 4.98 Å². The van der Waals surface area contributed by atoms with Gasteiger partial charge in [-0.15, -0.1) is 0 Å². The van der Waals surface area contributed by atoms with E-state index in [1.54, 1.807) is 18.2 Å². The molecule has 0 atom stereocenters. The topological polar surface area (TPSA) is 132 Å². The summed E-state index contributed by atoms with van der Waals surface area (Å²) in [5.41, 5.74) is 10.9. The number of nitrogens with one attached hydrogen (secondary N) is 2. The van der Waals surface area contributed by atoms with Crippen LogP contribution in [0.25, 0.3) is 22.4 Å². The minimum Gasteiger partial charge on any atom is -0.398 e. The van der Waals surface area contributed by atoms with Gasteiger partial charge in [0.25, 0.3) is 5.56 Å². The molecule has 0 unspecified atom stereocenters. The van der Waals surface area contributed by atoms with E-state index in [0.717, 1.165) is 16.7 Å². The Labute approximate surface area is 183 Å². The van der Waals surface area contributed by atoms with Gasteiger partial charge in [-0.1, -0.05) is 23.7 Å². The van der Waals surface area contributed by atoms with Gasteiger partial charge in [-0.05, 0) is 60.2 Å². The molecule has 7 nitrogen and oxygen atoms in total. The number of nitrogens with two attached hydrogens (primary N) is 1. The first-order valence-corrected chi connectivity index (χ1v) is 10.2. The number of aliphatic hydroxyl groups excluding tert-OH is 1. The standard InChI is InChI=1S/C23H20ClN5O2/c24-17-4-3-13(8-15(17)2-1-7-30)9-16-10-14(12-25)11-19-21(16)29-22(28-19)20-18(26)5-6-27-23(20)31/h3-6,8,10-11,30H,1-2,7,9H2,(H,28,29)(H3,26,27,31). The highest BCUT2D eigenvalue weighted by atomic mass is 35.5. The number of aryl methyl sites for hydroxylation is 1. The zero-order valence-corrected chi connectivity index (χ0v) is 17.3. The van der Waals surface area contributed by atoms with E-state index < -0.39 is 0 Å². The van der Waals surface area contributed by atoms with Crippen molar-refractivity contribution in [2.75, 3.05) is 12.3 Å². The summed E-state index contributed by atoms with van der Waals surface area (Å²) in [6, 6.07) is 13.1. The number of nitrogen functional groups attached to an aromatic ring is 1. The number of H-pyrrole nitrogens is 2. The number of aromatic amines is 2. The Kier molecular flexibility index (Phi) is 5.76. The SMILES string of the molecule is N#Cc1cc(Cc2ccc(Cl)c(CCCO)c2)c2nc(-c3c(N)cc[nH]c3=O)[nH]c2c1. The number of imidazole rings is 1. The molecule has 156 valence electrons. The van der Waals surface area contributed by atoms with Gasteiger partial charge < -0.3 is 20.8 Å². The highest BCUT2D eigenvalue weighted by molar-refractivity contribution is 6.31. The average molecular weight is 434 g/mol. The van der Waals surface area contributed by atoms with Crippen LogP contribution in [0.1, 0.15) is 28.7 Å². The van der Waals surface area contributed by atoms with E-state index in [1.165, 1.54) is 6.20 Å². The van der Waals surface area contributed by atoms with Crippen molar-refractivity contribution in [2.24, 2.45) is 0 Å². The smallest absolute Gasteiger partial charge is 0.261 e. The number of rotatable bonds is 6. The van der Waals surface area contributed by atoms with Crippen LogP contribution in [0, 0.1) is 11.3 Å². The molecule has 4 rings (SSSR count). The van der Waals surface area contributed by atoms with Gasteiger partial charge in [0, 0.05) is 23.5 Å². The molecule has 0 saturated heterocycles. The van der Waals surface area contributed by atoms with Crippen LogP contribution in [-0.2, 0) is 12.8 Å². The van der Waals surface area contributed by atoms with Gasteiger partial charge in [-0.2, -0.15) is 5.26 Å². The maximum absolute atomic E-state index is 12.3. The number of aliphatic hydroxyl groups is 1. The zero-order valence-electron chi connectivity index (χ0n) is 16.6. The molecular weight excluding hydrogens is 414 g/mol. The van der Waals surface area contributed by atoms with E-state index in [1.807, 2.05) is 18.2 Å². The molecule has 0 aliphatic carbocycles. The van der Waals surface area contributed by atoms with E-state index in [0.29, 0.717) is 52.4 Å². The Morgan fingerprint density at radius 2 is 2.03 bits per heavy atom. The Morgan fingerprint density at radius 3 is 2.77 bits per heavy atom. The van der Waals surface area contributed by atoms with Crippen LogP contribution in [0.2, 0.25) is 5.02 Å². The highest BCUT2D eigenvalue weighted by Crippen LogP contribution is 2.28. The molecule has 2 heterocycles. The summed E-state index contributed by atoms with van der Waals surface area (Å²) in [7, 11) is 0. The molecule has 0 fully saturated rings. The minimum absolute atomic E-state index is 0.100. The Hall–Kier alpha value is -3.60. The molecule has 0 radical (unpaired) electrons. The lowest BCUT2D eigenvalue weighted by Gasteiger charge is -2.08. The van der Waals surface area contributed by atoms with Gasteiger partial charge in [0.2, 0.25) is 0 Å². The van der Waals surface area contributed by atoms with Gasteiger partial charge in [-0.3, -0.25) is 4.79 Å². The molecule has 0 saturated carbocycles. The minimum atomic E-state index is -0.340. The normalized spacial score (nSPS) is 11.0. The first kappa shape index (κ1) is 20.7. The predicted molar refractivity (Wildman–Crippen MR) is 121 cm³/mol. The van der Waals surface area contributed by atoms with Crippen molar-refractivity contribution < 1.29 is 5.11 Å². The van der Waals surface area contributed by atoms with Crippen molar-refractivity contribution in [3.05, 3.63) is 80.2 Å². The number of pyridine rings is 1. The Morgan fingerprint density at radius 1 is 1.19 bits per heavy atom. The molecular formula is C23H20ClN5O2. The van der Waals surface area contributed by atoms with Crippen LogP contribution >= 0.6 is 11.6 Å². The van der Waals surface area contributed by atoms with E-state index in [4.69, 9.17) is 22.4 Å². The summed E-state index contributed by atoms with van der Waals surface area (Å²) < 4.78 is 0. The number of benzene rings is 2. The fourth-order valence-electron chi connectivity index (χ4n) is 3.66. The highest BCUT2D eigenvalue weighted by Gasteiger charge is 2.16. The summed E-state index contributed by atoms with van der Waals surface area (Å²) >= 11 is 6.29.